The average molecular weight is 320 g/mol. The van der Waals surface area contributed by atoms with Gasteiger partial charge in [-0.2, -0.15) is 0 Å². The first-order valence-corrected chi connectivity index (χ1v) is 7.65. The quantitative estimate of drug-likeness (QED) is 0.894. The molecule has 0 unspecified atom stereocenters. The first-order chi connectivity index (χ1) is 10.3. The molecule has 2 aromatic rings. The molecule has 114 valence electrons. The van der Waals surface area contributed by atoms with Crippen LogP contribution in [0.15, 0.2) is 52.3 Å². The molecule has 0 fully saturated rings. The van der Waals surface area contributed by atoms with Gasteiger partial charge in [-0.25, -0.2) is 18.0 Å². The van der Waals surface area contributed by atoms with E-state index in [-0.39, 0.29) is 16.0 Å². The van der Waals surface area contributed by atoms with Crippen LogP contribution in [0.2, 0.25) is 0 Å². The van der Waals surface area contributed by atoms with Crippen LogP contribution in [-0.4, -0.2) is 30.6 Å². The summed E-state index contributed by atoms with van der Waals surface area (Å²) in [7, 11) is -4.05. The normalized spacial score (nSPS) is 11.1. The zero-order chi connectivity index (χ0) is 16.5. The Balaban J connectivity index is 2.80. The minimum atomic E-state index is -4.05. The van der Waals surface area contributed by atoms with Gasteiger partial charge >= 0.3 is 11.9 Å². The zero-order valence-electron chi connectivity index (χ0n) is 11.5. The van der Waals surface area contributed by atoms with E-state index in [0.29, 0.717) is 0 Å². The van der Waals surface area contributed by atoms with Gasteiger partial charge in [0.05, 0.1) is 20.9 Å². The molecule has 0 amide bonds. The number of carboxylic acids is 2. The molecule has 0 bridgehead atoms. The second-order valence-corrected chi connectivity index (χ2v) is 6.46. The predicted octanol–water partition coefficient (Wildman–Crippen LogP) is 2.22. The lowest BCUT2D eigenvalue weighted by atomic mass is 10.0. The van der Waals surface area contributed by atoms with Crippen LogP contribution in [0.3, 0.4) is 0 Å². The Morgan fingerprint density at radius 2 is 1.50 bits per heavy atom. The highest BCUT2D eigenvalue weighted by atomic mass is 32.2. The van der Waals surface area contributed by atoms with Gasteiger partial charge in [-0.15, -0.1) is 0 Å². The van der Waals surface area contributed by atoms with Crippen LogP contribution in [0.25, 0.3) is 0 Å². The molecule has 0 spiro atoms. The van der Waals surface area contributed by atoms with Crippen LogP contribution in [0, 0.1) is 6.92 Å². The monoisotopic (exact) mass is 320 g/mol. The smallest absolute Gasteiger partial charge is 0.337 e. The van der Waals surface area contributed by atoms with Crippen molar-refractivity contribution in [3.8, 4) is 0 Å². The fraction of sp³-hybridized carbons (Fsp3) is 0.0667. The summed E-state index contributed by atoms with van der Waals surface area (Å²) in [5.41, 5.74) is -0.870. The first kappa shape index (κ1) is 15.7. The van der Waals surface area contributed by atoms with Crippen molar-refractivity contribution in [2.75, 3.05) is 0 Å². The minimum Gasteiger partial charge on any atom is -0.478 e. The molecule has 0 aliphatic heterocycles. The van der Waals surface area contributed by atoms with Gasteiger partial charge in [0.25, 0.3) is 0 Å². The van der Waals surface area contributed by atoms with Crippen molar-refractivity contribution in [3.63, 3.8) is 0 Å². The van der Waals surface area contributed by atoms with Gasteiger partial charge in [-0.3, -0.25) is 0 Å². The molecule has 0 aromatic heterocycles. The number of sulfone groups is 1. The fourth-order valence-electron chi connectivity index (χ4n) is 2.13. The molecule has 0 saturated carbocycles. The van der Waals surface area contributed by atoms with Gasteiger partial charge in [0.2, 0.25) is 9.84 Å². The second kappa shape index (κ2) is 5.61. The van der Waals surface area contributed by atoms with E-state index in [9.17, 15) is 23.1 Å². The number of carboxylic acid groups (broad SMARTS) is 2. The summed E-state index contributed by atoms with van der Waals surface area (Å²) < 4.78 is 25.2. The van der Waals surface area contributed by atoms with Gasteiger partial charge in [0.1, 0.15) is 0 Å². The molecule has 22 heavy (non-hydrogen) atoms. The van der Waals surface area contributed by atoms with E-state index < -0.39 is 32.2 Å². The third-order valence-corrected chi connectivity index (χ3v) is 5.03. The third-order valence-electron chi connectivity index (χ3n) is 3.21. The summed E-state index contributed by atoms with van der Waals surface area (Å²) in [4.78, 5) is 22.0. The lowest BCUT2D eigenvalue weighted by Gasteiger charge is -2.12. The van der Waals surface area contributed by atoms with Crippen molar-refractivity contribution < 1.29 is 28.2 Å². The average Bonchev–Trinajstić information content (AvgIpc) is 2.46. The molecule has 0 saturated heterocycles. The van der Waals surface area contributed by atoms with Gasteiger partial charge in [0.15, 0.2) is 0 Å². The van der Waals surface area contributed by atoms with Crippen molar-refractivity contribution in [1.29, 1.82) is 0 Å². The Hall–Kier alpha value is -2.67. The summed E-state index contributed by atoms with van der Waals surface area (Å²) in [6.07, 6.45) is 0. The van der Waals surface area contributed by atoms with E-state index in [1.807, 2.05) is 0 Å². The maximum Gasteiger partial charge on any atom is 0.337 e. The molecule has 2 aromatic carbocycles. The highest BCUT2D eigenvalue weighted by molar-refractivity contribution is 7.91. The van der Waals surface area contributed by atoms with Crippen LogP contribution in [0.1, 0.15) is 26.3 Å². The summed E-state index contributed by atoms with van der Waals surface area (Å²) in [6, 6.07) is 9.48. The predicted molar refractivity (Wildman–Crippen MR) is 77.0 cm³/mol. The van der Waals surface area contributed by atoms with Crippen molar-refractivity contribution in [2.24, 2.45) is 0 Å². The molecule has 0 radical (unpaired) electrons. The Morgan fingerprint density at radius 3 is 2.00 bits per heavy atom. The first-order valence-electron chi connectivity index (χ1n) is 6.17. The molecule has 2 N–H and O–H groups in total. The fourth-order valence-corrected chi connectivity index (χ4v) is 3.66. The molecule has 2 rings (SSSR count). The Morgan fingerprint density at radius 1 is 0.909 bits per heavy atom. The highest BCUT2D eigenvalue weighted by Crippen LogP contribution is 2.28. The van der Waals surface area contributed by atoms with Crippen molar-refractivity contribution >= 4 is 21.8 Å². The molecule has 6 nitrogen and oxygen atoms in total. The van der Waals surface area contributed by atoms with Crippen LogP contribution < -0.4 is 0 Å². The molecular weight excluding hydrogens is 308 g/mol. The van der Waals surface area contributed by atoms with E-state index in [2.05, 4.69) is 0 Å². The Kier molecular flexibility index (Phi) is 4.01. The highest BCUT2D eigenvalue weighted by Gasteiger charge is 2.28. The van der Waals surface area contributed by atoms with Gasteiger partial charge in [0, 0.05) is 0 Å². The van der Waals surface area contributed by atoms with Crippen molar-refractivity contribution in [2.45, 2.75) is 16.7 Å². The van der Waals surface area contributed by atoms with Crippen LogP contribution in [0.4, 0.5) is 0 Å². The van der Waals surface area contributed by atoms with Gasteiger partial charge < -0.3 is 10.2 Å². The Bertz CT molecular complexity index is 853. The zero-order valence-corrected chi connectivity index (χ0v) is 12.3. The summed E-state index contributed by atoms with van der Waals surface area (Å²) in [5.74, 6) is -2.81. The lowest BCUT2D eigenvalue weighted by Crippen LogP contribution is -2.14. The maximum atomic E-state index is 12.6. The van der Waals surface area contributed by atoms with Gasteiger partial charge in [-0.05, 0) is 36.8 Å². The lowest BCUT2D eigenvalue weighted by molar-refractivity contribution is 0.0691. The van der Waals surface area contributed by atoms with E-state index in [0.717, 1.165) is 12.1 Å². The minimum absolute atomic E-state index is 0.0556. The van der Waals surface area contributed by atoms with Crippen LogP contribution >= 0.6 is 0 Å². The standard InChI is InChI=1S/C15H12O6S/c1-9-11(14(16)17)7-8-12(13(9)15(18)19)22(20,21)10-5-3-2-4-6-10/h2-8H,1H3,(H,16,17)(H,18,19). The van der Waals surface area contributed by atoms with Crippen molar-refractivity contribution in [3.05, 3.63) is 59.2 Å². The largest absolute Gasteiger partial charge is 0.478 e. The summed E-state index contributed by atoms with van der Waals surface area (Å²) >= 11 is 0. The van der Waals surface area contributed by atoms with Crippen molar-refractivity contribution in [1.82, 2.24) is 0 Å². The van der Waals surface area contributed by atoms with Gasteiger partial charge in [-0.1, -0.05) is 18.2 Å². The molecular formula is C15H12O6S. The number of benzene rings is 2. The molecule has 7 heteroatoms. The SMILES string of the molecule is Cc1c(C(=O)O)ccc(S(=O)(=O)c2ccccc2)c1C(=O)O. The second-order valence-electron chi connectivity index (χ2n) is 4.54. The molecule has 0 aliphatic rings. The number of carbonyl (C=O) groups is 2. The Labute approximate surface area is 126 Å². The van der Waals surface area contributed by atoms with E-state index >= 15 is 0 Å². The maximum absolute atomic E-state index is 12.6. The molecule has 0 heterocycles. The number of aromatic carboxylic acids is 2. The number of rotatable bonds is 4. The third kappa shape index (κ3) is 2.58. The molecule has 0 aliphatic carbocycles. The topological polar surface area (TPSA) is 109 Å². The van der Waals surface area contributed by atoms with E-state index in [1.54, 1.807) is 6.07 Å². The number of hydrogen-bond acceptors (Lipinski definition) is 4. The van der Waals surface area contributed by atoms with E-state index in [4.69, 9.17) is 5.11 Å². The van der Waals surface area contributed by atoms with Crippen LogP contribution in [0.5, 0.6) is 0 Å². The van der Waals surface area contributed by atoms with E-state index in [1.165, 1.54) is 31.2 Å². The molecule has 0 atom stereocenters. The summed E-state index contributed by atoms with van der Waals surface area (Å²) in [5, 5.41) is 18.3. The summed E-state index contributed by atoms with van der Waals surface area (Å²) in [6.45, 7) is 1.27. The van der Waals surface area contributed by atoms with Crippen LogP contribution in [-0.2, 0) is 9.84 Å². The number of hydrogen-bond donors (Lipinski definition) is 2.